The number of hydrogen-bond acceptors (Lipinski definition) is 2. The molecular weight excluding hydrogens is 212 g/mol. The summed E-state index contributed by atoms with van der Waals surface area (Å²) in [5, 5.41) is 0. The number of aryl methyl sites for hydroxylation is 3. The third-order valence-corrected chi connectivity index (χ3v) is 2.88. The highest BCUT2D eigenvalue weighted by Gasteiger charge is 2.10. The lowest BCUT2D eigenvalue weighted by Gasteiger charge is -2.12. The summed E-state index contributed by atoms with van der Waals surface area (Å²) >= 11 is 0. The minimum absolute atomic E-state index is 0.168. The first-order chi connectivity index (χ1) is 7.90. The molecule has 92 valence electrons. The van der Waals surface area contributed by atoms with Crippen LogP contribution in [0.5, 0.6) is 0 Å². The number of carbonyl (C=O) groups is 2. The van der Waals surface area contributed by atoms with E-state index in [1.165, 1.54) is 5.56 Å². The lowest BCUT2D eigenvalue weighted by atomic mass is 9.92. The molecule has 1 aromatic carbocycles. The summed E-state index contributed by atoms with van der Waals surface area (Å²) in [7, 11) is 0. The zero-order valence-corrected chi connectivity index (χ0v) is 11.1. The van der Waals surface area contributed by atoms with Crippen molar-refractivity contribution in [3.8, 4) is 0 Å². The molecule has 1 aromatic rings. The highest BCUT2D eigenvalue weighted by Crippen LogP contribution is 2.19. The van der Waals surface area contributed by atoms with E-state index >= 15 is 0 Å². The summed E-state index contributed by atoms with van der Waals surface area (Å²) in [5.41, 5.74) is 4.59. The Bertz CT molecular complexity index is 444. The fraction of sp³-hybridized carbons (Fsp3) is 0.467. The average Bonchev–Trinajstić information content (AvgIpc) is 2.18. The summed E-state index contributed by atoms with van der Waals surface area (Å²) in [6.07, 6.45) is 1.76. The Labute approximate surface area is 103 Å². The van der Waals surface area contributed by atoms with Crippen molar-refractivity contribution < 1.29 is 9.59 Å². The third-order valence-electron chi connectivity index (χ3n) is 2.88. The topological polar surface area (TPSA) is 34.1 Å². The highest BCUT2D eigenvalue weighted by molar-refractivity contribution is 5.79. The normalized spacial score (nSPS) is 10.4. The standard InChI is InChI=1S/C15H20O2/c1-10-7-11(2)15(9-13(4)17)14(8-10)6-5-12(3)16/h7-8H,5-6,9H2,1-4H3. The van der Waals surface area contributed by atoms with Crippen molar-refractivity contribution in [3.05, 3.63) is 34.4 Å². The second-order valence-electron chi connectivity index (χ2n) is 4.80. The molecule has 0 atom stereocenters. The molecule has 0 aliphatic heterocycles. The fourth-order valence-electron chi connectivity index (χ4n) is 2.12. The first kappa shape index (κ1) is 13.6. The van der Waals surface area contributed by atoms with Crippen LogP contribution < -0.4 is 0 Å². The van der Waals surface area contributed by atoms with Crippen molar-refractivity contribution in [1.82, 2.24) is 0 Å². The number of ketones is 2. The molecule has 0 aliphatic carbocycles. The molecule has 0 radical (unpaired) electrons. The minimum Gasteiger partial charge on any atom is -0.300 e. The Morgan fingerprint density at radius 3 is 2.24 bits per heavy atom. The van der Waals surface area contributed by atoms with Crippen molar-refractivity contribution in [1.29, 1.82) is 0 Å². The lowest BCUT2D eigenvalue weighted by Crippen LogP contribution is -2.06. The largest absolute Gasteiger partial charge is 0.300 e. The first-order valence-corrected chi connectivity index (χ1v) is 5.98. The molecule has 0 amide bonds. The van der Waals surface area contributed by atoms with Gasteiger partial charge in [-0.3, -0.25) is 4.79 Å². The van der Waals surface area contributed by atoms with E-state index in [-0.39, 0.29) is 11.6 Å². The van der Waals surface area contributed by atoms with Gasteiger partial charge in [0.05, 0.1) is 0 Å². The van der Waals surface area contributed by atoms with E-state index in [0.717, 1.165) is 23.1 Å². The van der Waals surface area contributed by atoms with E-state index in [1.54, 1.807) is 13.8 Å². The molecule has 17 heavy (non-hydrogen) atoms. The van der Waals surface area contributed by atoms with Crippen molar-refractivity contribution >= 4 is 11.6 Å². The van der Waals surface area contributed by atoms with Crippen LogP contribution in [0.2, 0.25) is 0 Å². The molecule has 0 heterocycles. The molecule has 0 saturated carbocycles. The summed E-state index contributed by atoms with van der Waals surface area (Å²) in [5.74, 6) is 0.360. The van der Waals surface area contributed by atoms with Gasteiger partial charge in [0.15, 0.2) is 0 Å². The van der Waals surface area contributed by atoms with Gasteiger partial charge in [-0.15, -0.1) is 0 Å². The quantitative estimate of drug-likeness (QED) is 0.782. The SMILES string of the molecule is CC(=O)CCc1cc(C)cc(C)c1CC(C)=O. The molecule has 0 spiro atoms. The van der Waals surface area contributed by atoms with E-state index in [9.17, 15) is 9.59 Å². The lowest BCUT2D eigenvalue weighted by molar-refractivity contribution is -0.117. The Morgan fingerprint density at radius 1 is 1.06 bits per heavy atom. The van der Waals surface area contributed by atoms with E-state index < -0.39 is 0 Å². The maximum Gasteiger partial charge on any atom is 0.134 e. The number of benzene rings is 1. The molecule has 0 fully saturated rings. The van der Waals surface area contributed by atoms with Crippen molar-refractivity contribution in [2.24, 2.45) is 0 Å². The Morgan fingerprint density at radius 2 is 1.71 bits per heavy atom. The molecule has 1 rings (SSSR count). The number of carbonyl (C=O) groups excluding carboxylic acids is 2. The number of Topliss-reactive ketones (excluding diaryl/α,β-unsaturated/α-hetero) is 2. The summed E-state index contributed by atoms with van der Waals surface area (Å²) in [6, 6.07) is 4.18. The predicted molar refractivity (Wildman–Crippen MR) is 69.3 cm³/mol. The van der Waals surface area contributed by atoms with Gasteiger partial charge in [0.2, 0.25) is 0 Å². The second-order valence-corrected chi connectivity index (χ2v) is 4.80. The predicted octanol–water partition coefficient (Wildman–Crippen LogP) is 2.96. The molecule has 2 nitrogen and oxygen atoms in total. The van der Waals surface area contributed by atoms with Crippen LogP contribution in [-0.4, -0.2) is 11.6 Å². The van der Waals surface area contributed by atoms with Crippen LogP contribution in [0.3, 0.4) is 0 Å². The van der Waals surface area contributed by atoms with Gasteiger partial charge in [-0.2, -0.15) is 0 Å². The van der Waals surface area contributed by atoms with Crippen LogP contribution in [0, 0.1) is 13.8 Å². The number of hydrogen-bond donors (Lipinski definition) is 0. The average molecular weight is 232 g/mol. The van der Waals surface area contributed by atoms with Crippen LogP contribution in [0.25, 0.3) is 0 Å². The molecule has 0 aliphatic rings. The maximum absolute atomic E-state index is 11.3. The number of rotatable bonds is 5. The van der Waals surface area contributed by atoms with Crippen LogP contribution in [0.1, 0.15) is 42.5 Å². The van der Waals surface area contributed by atoms with Crippen molar-refractivity contribution in [2.45, 2.75) is 47.0 Å². The van der Waals surface area contributed by atoms with Gasteiger partial charge in [0.1, 0.15) is 11.6 Å². The van der Waals surface area contributed by atoms with Gasteiger partial charge in [-0.1, -0.05) is 17.7 Å². The summed E-state index contributed by atoms with van der Waals surface area (Å²) in [6.45, 7) is 7.28. The van der Waals surface area contributed by atoms with Gasteiger partial charge in [-0.25, -0.2) is 0 Å². The maximum atomic E-state index is 11.3. The van der Waals surface area contributed by atoms with Gasteiger partial charge < -0.3 is 4.79 Å². The van der Waals surface area contributed by atoms with Crippen LogP contribution in [0.15, 0.2) is 12.1 Å². The molecule has 0 aromatic heterocycles. The van der Waals surface area contributed by atoms with E-state index in [1.807, 2.05) is 13.8 Å². The Hall–Kier alpha value is -1.44. The minimum atomic E-state index is 0.168. The smallest absolute Gasteiger partial charge is 0.134 e. The highest BCUT2D eigenvalue weighted by atomic mass is 16.1. The molecule has 0 bridgehead atoms. The zero-order valence-electron chi connectivity index (χ0n) is 11.1. The molecule has 0 N–H and O–H groups in total. The molecule has 0 unspecified atom stereocenters. The van der Waals surface area contributed by atoms with Crippen molar-refractivity contribution in [3.63, 3.8) is 0 Å². The van der Waals surface area contributed by atoms with E-state index in [4.69, 9.17) is 0 Å². The molecule has 0 saturated heterocycles. The van der Waals surface area contributed by atoms with Gasteiger partial charge >= 0.3 is 0 Å². The van der Waals surface area contributed by atoms with Crippen LogP contribution in [-0.2, 0) is 22.4 Å². The van der Waals surface area contributed by atoms with Gasteiger partial charge in [0, 0.05) is 12.8 Å². The summed E-state index contributed by atoms with van der Waals surface area (Å²) < 4.78 is 0. The second kappa shape index (κ2) is 5.76. The first-order valence-electron chi connectivity index (χ1n) is 5.98. The third kappa shape index (κ3) is 4.14. The molecular formula is C15H20O2. The van der Waals surface area contributed by atoms with Crippen molar-refractivity contribution in [2.75, 3.05) is 0 Å². The summed E-state index contributed by atoms with van der Waals surface area (Å²) in [4.78, 5) is 22.3. The molecule has 2 heteroatoms. The fourth-order valence-corrected chi connectivity index (χ4v) is 2.12. The van der Waals surface area contributed by atoms with Gasteiger partial charge in [-0.05, 0) is 50.8 Å². The zero-order chi connectivity index (χ0) is 13.0. The Kier molecular flexibility index (Phi) is 4.62. The van der Waals surface area contributed by atoms with E-state index in [2.05, 4.69) is 12.1 Å². The van der Waals surface area contributed by atoms with Crippen LogP contribution >= 0.6 is 0 Å². The van der Waals surface area contributed by atoms with E-state index in [0.29, 0.717) is 12.8 Å². The monoisotopic (exact) mass is 232 g/mol. The van der Waals surface area contributed by atoms with Crippen LogP contribution in [0.4, 0.5) is 0 Å². The van der Waals surface area contributed by atoms with Gasteiger partial charge in [0.25, 0.3) is 0 Å². The Balaban J connectivity index is 3.06.